The van der Waals surface area contributed by atoms with Crippen molar-refractivity contribution < 1.29 is 9.85 Å². The lowest BCUT2D eigenvalue weighted by Crippen LogP contribution is -2.73. The topological polar surface area (TPSA) is 138 Å². The fraction of sp³-hybridized carbons (Fsp3) is 1.00. The summed E-state index contributed by atoms with van der Waals surface area (Å²) in [6.07, 6.45) is 2.45. The van der Waals surface area contributed by atoms with Crippen molar-refractivity contribution in [3.05, 3.63) is 20.2 Å². The standard InChI is InChI=1S/C8H16N4O4/c9-7(10)5-3-1-2-4-6-8(7,11(13)14)12(15)16/h1-6,9-10H2. The zero-order valence-electron chi connectivity index (χ0n) is 8.92. The van der Waals surface area contributed by atoms with Gasteiger partial charge in [0.2, 0.25) is 5.66 Å². The summed E-state index contributed by atoms with van der Waals surface area (Å²) in [6, 6.07) is 0. The van der Waals surface area contributed by atoms with E-state index in [9.17, 15) is 20.2 Å². The van der Waals surface area contributed by atoms with Gasteiger partial charge in [-0.3, -0.25) is 20.2 Å². The van der Waals surface area contributed by atoms with Crippen LogP contribution in [0.25, 0.3) is 0 Å². The van der Waals surface area contributed by atoms with Crippen LogP contribution in [-0.2, 0) is 0 Å². The Morgan fingerprint density at radius 2 is 1.31 bits per heavy atom. The predicted octanol–water partition coefficient (Wildman–Crippen LogP) is 0.204. The van der Waals surface area contributed by atoms with Gasteiger partial charge in [0.1, 0.15) is 9.85 Å². The number of nitrogens with zero attached hydrogens (tertiary/aromatic N) is 2. The zero-order valence-corrected chi connectivity index (χ0v) is 8.92. The molecule has 0 aliphatic heterocycles. The SMILES string of the molecule is NC1(N)CCCCCCC1([N+](=O)[O-])[N+](=O)[O-]. The summed E-state index contributed by atoms with van der Waals surface area (Å²) in [6.45, 7) is 0. The minimum absolute atomic E-state index is 0.0922. The number of nitro groups is 2. The van der Waals surface area contributed by atoms with Gasteiger partial charge in [-0.2, -0.15) is 0 Å². The van der Waals surface area contributed by atoms with E-state index in [2.05, 4.69) is 0 Å². The van der Waals surface area contributed by atoms with Crippen LogP contribution in [0.3, 0.4) is 0 Å². The Balaban J connectivity index is 3.17. The minimum atomic E-state index is -2.45. The second-order valence-electron chi connectivity index (χ2n) is 4.29. The molecular formula is C8H16N4O4. The van der Waals surface area contributed by atoms with E-state index in [4.69, 9.17) is 11.5 Å². The molecular weight excluding hydrogens is 216 g/mol. The summed E-state index contributed by atoms with van der Waals surface area (Å²) < 4.78 is 0. The summed E-state index contributed by atoms with van der Waals surface area (Å²) in [5.41, 5.74) is 6.91. The highest BCUT2D eigenvalue weighted by molar-refractivity contribution is 4.93. The van der Waals surface area contributed by atoms with Crippen LogP contribution < -0.4 is 11.5 Å². The maximum atomic E-state index is 11.0. The van der Waals surface area contributed by atoms with Crippen molar-refractivity contribution in [3.8, 4) is 0 Å². The molecule has 0 unspecified atom stereocenters. The molecule has 0 amide bonds. The van der Waals surface area contributed by atoms with Gasteiger partial charge in [0.25, 0.3) is 0 Å². The molecule has 1 rings (SSSR count). The van der Waals surface area contributed by atoms with Crippen molar-refractivity contribution >= 4 is 0 Å². The molecule has 1 saturated carbocycles. The van der Waals surface area contributed by atoms with Gasteiger partial charge in [-0.05, 0) is 19.3 Å². The Morgan fingerprint density at radius 1 is 0.875 bits per heavy atom. The summed E-state index contributed by atoms with van der Waals surface area (Å²) in [5.74, 6) is 0. The summed E-state index contributed by atoms with van der Waals surface area (Å²) in [4.78, 5) is 20.1. The number of rotatable bonds is 2. The van der Waals surface area contributed by atoms with Gasteiger partial charge in [-0.25, -0.2) is 0 Å². The third-order valence-electron chi connectivity index (χ3n) is 3.22. The van der Waals surface area contributed by atoms with E-state index in [1.807, 2.05) is 0 Å². The van der Waals surface area contributed by atoms with Crippen LogP contribution in [0, 0.1) is 20.2 Å². The van der Waals surface area contributed by atoms with Crippen molar-refractivity contribution in [2.45, 2.75) is 49.9 Å². The first-order valence-electron chi connectivity index (χ1n) is 5.21. The lowest BCUT2D eigenvalue weighted by molar-refractivity contribution is -0.809. The van der Waals surface area contributed by atoms with E-state index < -0.39 is 21.2 Å². The second kappa shape index (κ2) is 4.30. The largest absolute Gasteiger partial charge is 0.488 e. The zero-order chi connectivity index (χ0) is 12.4. The number of nitrogens with two attached hydrogens (primary N) is 2. The first-order chi connectivity index (χ1) is 7.34. The molecule has 0 saturated heterocycles. The van der Waals surface area contributed by atoms with Gasteiger partial charge in [-0.15, -0.1) is 0 Å². The van der Waals surface area contributed by atoms with E-state index >= 15 is 0 Å². The molecule has 0 atom stereocenters. The molecule has 0 radical (unpaired) electrons. The molecule has 1 aliphatic carbocycles. The van der Waals surface area contributed by atoms with Gasteiger partial charge in [0, 0.05) is 0 Å². The molecule has 4 N–H and O–H groups in total. The molecule has 8 heteroatoms. The lowest BCUT2D eigenvalue weighted by Gasteiger charge is -2.32. The van der Waals surface area contributed by atoms with Crippen LogP contribution in [0.15, 0.2) is 0 Å². The molecule has 0 aromatic heterocycles. The van der Waals surface area contributed by atoms with Crippen LogP contribution in [0.2, 0.25) is 0 Å². The third kappa shape index (κ3) is 1.85. The van der Waals surface area contributed by atoms with Crippen LogP contribution in [0.5, 0.6) is 0 Å². The summed E-state index contributed by atoms with van der Waals surface area (Å²) in [7, 11) is 0. The normalized spacial score (nSPS) is 24.1. The van der Waals surface area contributed by atoms with Crippen molar-refractivity contribution in [2.75, 3.05) is 0 Å². The minimum Gasteiger partial charge on any atom is -0.301 e. The number of hydrogen-bond acceptors (Lipinski definition) is 6. The molecule has 16 heavy (non-hydrogen) atoms. The van der Waals surface area contributed by atoms with Crippen molar-refractivity contribution in [1.82, 2.24) is 0 Å². The van der Waals surface area contributed by atoms with Gasteiger partial charge >= 0.3 is 5.66 Å². The molecule has 0 spiro atoms. The fourth-order valence-corrected chi connectivity index (χ4v) is 2.16. The molecule has 0 aromatic carbocycles. The van der Waals surface area contributed by atoms with Crippen LogP contribution in [0.4, 0.5) is 0 Å². The second-order valence-corrected chi connectivity index (χ2v) is 4.29. The summed E-state index contributed by atoms with van der Waals surface area (Å²) in [5, 5.41) is 22.0. The molecule has 0 heterocycles. The lowest BCUT2D eigenvalue weighted by atomic mass is 9.83. The van der Waals surface area contributed by atoms with E-state index in [1.54, 1.807) is 0 Å². The van der Waals surface area contributed by atoms with Gasteiger partial charge in [-0.1, -0.05) is 12.8 Å². The Hall–Kier alpha value is -1.28. The fourth-order valence-electron chi connectivity index (χ4n) is 2.16. The first-order valence-corrected chi connectivity index (χ1v) is 5.21. The maximum absolute atomic E-state index is 11.0. The highest BCUT2D eigenvalue weighted by atomic mass is 16.7. The average Bonchev–Trinajstić information content (AvgIpc) is 2.11. The van der Waals surface area contributed by atoms with Gasteiger partial charge in [0.15, 0.2) is 0 Å². The molecule has 8 nitrogen and oxygen atoms in total. The van der Waals surface area contributed by atoms with Crippen molar-refractivity contribution in [3.63, 3.8) is 0 Å². The van der Waals surface area contributed by atoms with E-state index in [0.29, 0.717) is 12.8 Å². The highest BCUT2D eigenvalue weighted by Crippen LogP contribution is 2.33. The highest BCUT2D eigenvalue weighted by Gasteiger charge is 2.68. The van der Waals surface area contributed by atoms with Crippen LogP contribution in [0.1, 0.15) is 38.5 Å². The van der Waals surface area contributed by atoms with Crippen molar-refractivity contribution in [2.24, 2.45) is 11.5 Å². The van der Waals surface area contributed by atoms with E-state index in [-0.39, 0.29) is 12.8 Å². The quantitative estimate of drug-likeness (QED) is 0.396. The molecule has 1 aliphatic rings. The van der Waals surface area contributed by atoms with Crippen LogP contribution >= 0.6 is 0 Å². The van der Waals surface area contributed by atoms with Crippen LogP contribution in [-0.4, -0.2) is 21.2 Å². The Labute approximate surface area is 92.3 Å². The molecule has 92 valence electrons. The molecule has 0 aromatic rings. The average molecular weight is 232 g/mol. The van der Waals surface area contributed by atoms with Gasteiger partial charge in [0.05, 0.1) is 6.42 Å². The maximum Gasteiger partial charge on any atom is 0.488 e. The van der Waals surface area contributed by atoms with Gasteiger partial charge < -0.3 is 11.5 Å². The first kappa shape index (κ1) is 12.8. The Bertz CT molecular complexity index is 290. The predicted molar refractivity (Wildman–Crippen MR) is 55.5 cm³/mol. The van der Waals surface area contributed by atoms with Crippen molar-refractivity contribution in [1.29, 1.82) is 0 Å². The Morgan fingerprint density at radius 3 is 1.75 bits per heavy atom. The monoisotopic (exact) mass is 232 g/mol. The molecule has 0 bridgehead atoms. The van der Waals surface area contributed by atoms with E-state index in [1.165, 1.54) is 0 Å². The summed E-state index contributed by atoms with van der Waals surface area (Å²) >= 11 is 0. The smallest absolute Gasteiger partial charge is 0.301 e. The van der Waals surface area contributed by atoms with E-state index in [0.717, 1.165) is 12.8 Å². The third-order valence-corrected chi connectivity index (χ3v) is 3.22. The molecule has 1 fully saturated rings. The Kier molecular flexibility index (Phi) is 3.44. The number of hydrogen-bond donors (Lipinski definition) is 2.